The molecule has 4 heteroatoms. The van der Waals surface area contributed by atoms with Gasteiger partial charge in [0.15, 0.2) is 0 Å². The molecule has 2 aromatic rings. The summed E-state index contributed by atoms with van der Waals surface area (Å²) in [7, 11) is 1.58. The molecule has 3 nitrogen and oxygen atoms in total. The molecule has 0 spiro atoms. The van der Waals surface area contributed by atoms with E-state index in [4.69, 9.17) is 9.47 Å². The number of ether oxygens (including phenoxy) is 2. The number of methoxy groups -OCH3 is 1. The Morgan fingerprint density at radius 2 is 1.84 bits per heavy atom. The molecule has 2 aromatic carbocycles. The van der Waals surface area contributed by atoms with Crippen LogP contribution < -0.4 is 4.74 Å². The summed E-state index contributed by atoms with van der Waals surface area (Å²) in [6.07, 6.45) is 5.73. The fraction of sp³-hybridized carbons (Fsp3) is 0.476. The van der Waals surface area contributed by atoms with Crippen molar-refractivity contribution in [3.63, 3.8) is 0 Å². The minimum atomic E-state index is -0.300. The highest BCUT2D eigenvalue weighted by molar-refractivity contribution is 14.1. The van der Waals surface area contributed by atoms with E-state index in [1.807, 2.05) is 24.3 Å². The second-order valence-electron chi connectivity index (χ2n) is 6.74. The number of halogens is 1. The molecule has 0 N–H and O–H groups in total. The van der Waals surface area contributed by atoms with Gasteiger partial charge in [-0.25, -0.2) is 4.79 Å². The van der Waals surface area contributed by atoms with Crippen LogP contribution in [-0.2, 0) is 4.74 Å². The van der Waals surface area contributed by atoms with Gasteiger partial charge in [0, 0.05) is 8.96 Å². The SMILES string of the molecule is COc1ccc2cc(I)ccc2c1C(=O)OCCCCCCC(C)C. The fourth-order valence-corrected chi connectivity index (χ4v) is 3.42. The average Bonchev–Trinajstić information content (AvgIpc) is 2.59. The number of rotatable bonds is 9. The Morgan fingerprint density at radius 1 is 1.08 bits per heavy atom. The zero-order valence-electron chi connectivity index (χ0n) is 15.3. The minimum absolute atomic E-state index is 0.300. The molecule has 25 heavy (non-hydrogen) atoms. The van der Waals surface area contributed by atoms with E-state index in [1.54, 1.807) is 7.11 Å². The van der Waals surface area contributed by atoms with Crippen molar-refractivity contribution in [3.05, 3.63) is 39.5 Å². The molecule has 0 bridgehead atoms. The number of hydrogen-bond donors (Lipinski definition) is 0. The summed E-state index contributed by atoms with van der Waals surface area (Å²) in [5, 5.41) is 1.90. The quantitative estimate of drug-likeness (QED) is 0.257. The van der Waals surface area contributed by atoms with E-state index in [0.29, 0.717) is 17.9 Å². The molecule has 0 heterocycles. The highest BCUT2D eigenvalue weighted by Gasteiger charge is 2.17. The summed E-state index contributed by atoms with van der Waals surface area (Å²) in [4.78, 5) is 12.6. The van der Waals surface area contributed by atoms with Gasteiger partial charge < -0.3 is 9.47 Å². The molecule has 0 saturated heterocycles. The Kier molecular flexibility index (Phi) is 8.00. The predicted molar refractivity (Wildman–Crippen MR) is 111 cm³/mol. The maximum Gasteiger partial charge on any atom is 0.342 e. The molecule has 0 saturated carbocycles. The van der Waals surface area contributed by atoms with Gasteiger partial charge in [-0.1, -0.05) is 51.7 Å². The number of carbonyl (C=O) groups excluding carboxylic acids is 1. The molecular weight excluding hydrogens is 427 g/mol. The first kappa shape index (κ1) is 20.0. The van der Waals surface area contributed by atoms with Gasteiger partial charge in [-0.15, -0.1) is 0 Å². The van der Waals surface area contributed by atoms with E-state index < -0.39 is 0 Å². The van der Waals surface area contributed by atoms with Crippen LogP contribution in [0.1, 0.15) is 56.3 Å². The summed E-state index contributed by atoms with van der Waals surface area (Å²) in [6, 6.07) is 9.82. The van der Waals surface area contributed by atoms with E-state index in [1.165, 1.54) is 19.3 Å². The molecule has 0 aliphatic heterocycles. The molecule has 0 aliphatic carbocycles. The highest BCUT2D eigenvalue weighted by Crippen LogP contribution is 2.30. The number of hydrogen-bond acceptors (Lipinski definition) is 3. The summed E-state index contributed by atoms with van der Waals surface area (Å²) >= 11 is 2.27. The van der Waals surface area contributed by atoms with E-state index in [9.17, 15) is 4.79 Å². The second-order valence-corrected chi connectivity index (χ2v) is 7.99. The first-order valence-electron chi connectivity index (χ1n) is 8.96. The molecule has 2 rings (SSSR count). The lowest BCUT2D eigenvalue weighted by Gasteiger charge is -2.12. The second kappa shape index (κ2) is 10.00. The predicted octanol–water partition coefficient (Wildman–Crippen LogP) is 6.22. The normalized spacial score (nSPS) is 11.1. The fourth-order valence-electron chi connectivity index (χ4n) is 2.91. The molecule has 0 amide bonds. The summed E-state index contributed by atoms with van der Waals surface area (Å²) < 4.78 is 12.0. The maximum absolute atomic E-state index is 12.6. The van der Waals surface area contributed by atoms with E-state index >= 15 is 0 Å². The van der Waals surface area contributed by atoms with Gasteiger partial charge in [-0.05, 0) is 58.5 Å². The maximum atomic E-state index is 12.6. The number of fused-ring (bicyclic) bond motifs is 1. The van der Waals surface area contributed by atoms with Crippen LogP contribution in [0, 0.1) is 9.49 Å². The molecule has 0 radical (unpaired) electrons. The van der Waals surface area contributed by atoms with Crippen molar-refractivity contribution in [1.82, 2.24) is 0 Å². The topological polar surface area (TPSA) is 35.5 Å². The van der Waals surface area contributed by atoms with Crippen molar-refractivity contribution in [2.24, 2.45) is 5.92 Å². The monoisotopic (exact) mass is 454 g/mol. The summed E-state index contributed by atoms with van der Waals surface area (Å²) in [5.74, 6) is 1.03. The number of unbranched alkanes of at least 4 members (excludes halogenated alkanes) is 3. The third kappa shape index (κ3) is 5.87. The molecule has 0 aromatic heterocycles. The van der Waals surface area contributed by atoms with Crippen LogP contribution in [-0.4, -0.2) is 19.7 Å². The van der Waals surface area contributed by atoms with E-state index in [2.05, 4.69) is 42.5 Å². The Balaban J connectivity index is 1.97. The van der Waals surface area contributed by atoms with E-state index in [0.717, 1.165) is 33.1 Å². The van der Waals surface area contributed by atoms with Crippen LogP contribution in [0.5, 0.6) is 5.75 Å². The minimum Gasteiger partial charge on any atom is -0.496 e. The standard InChI is InChI=1S/C21H27IO3/c1-15(2)8-6-4-5-7-13-25-21(23)20-18-11-10-17(22)14-16(18)9-12-19(20)24-3/h9-12,14-15H,4-8,13H2,1-3H3. The van der Waals surface area contributed by atoms with Crippen LogP contribution in [0.4, 0.5) is 0 Å². The largest absolute Gasteiger partial charge is 0.496 e. The van der Waals surface area contributed by atoms with Crippen molar-refractivity contribution in [3.8, 4) is 5.75 Å². The van der Waals surface area contributed by atoms with Crippen LogP contribution in [0.3, 0.4) is 0 Å². The van der Waals surface area contributed by atoms with E-state index in [-0.39, 0.29) is 5.97 Å². The average molecular weight is 454 g/mol. The van der Waals surface area contributed by atoms with Gasteiger partial charge >= 0.3 is 5.97 Å². The van der Waals surface area contributed by atoms with Gasteiger partial charge in [0.2, 0.25) is 0 Å². The number of esters is 1. The molecule has 0 fully saturated rings. The molecule has 0 aliphatic rings. The van der Waals surface area contributed by atoms with Gasteiger partial charge in [0.05, 0.1) is 13.7 Å². The van der Waals surface area contributed by atoms with Crippen molar-refractivity contribution in [1.29, 1.82) is 0 Å². The number of carbonyl (C=O) groups is 1. The summed E-state index contributed by atoms with van der Waals surface area (Å²) in [6.45, 7) is 4.96. The zero-order valence-corrected chi connectivity index (χ0v) is 17.5. The Morgan fingerprint density at radius 3 is 2.56 bits per heavy atom. The summed E-state index contributed by atoms with van der Waals surface area (Å²) in [5.41, 5.74) is 0.524. The van der Waals surface area contributed by atoms with Crippen molar-refractivity contribution >= 4 is 39.3 Å². The van der Waals surface area contributed by atoms with Gasteiger partial charge in [0.1, 0.15) is 11.3 Å². The molecular formula is C21H27IO3. The van der Waals surface area contributed by atoms with Gasteiger partial charge in [-0.2, -0.15) is 0 Å². The smallest absolute Gasteiger partial charge is 0.342 e. The van der Waals surface area contributed by atoms with Crippen LogP contribution in [0.2, 0.25) is 0 Å². The first-order chi connectivity index (χ1) is 12.0. The van der Waals surface area contributed by atoms with Crippen molar-refractivity contribution in [2.75, 3.05) is 13.7 Å². The van der Waals surface area contributed by atoms with Crippen LogP contribution >= 0.6 is 22.6 Å². The molecule has 0 atom stereocenters. The lowest BCUT2D eigenvalue weighted by molar-refractivity contribution is 0.0496. The van der Waals surface area contributed by atoms with Crippen LogP contribution in [0.15, 0.2) is 30.3 Å². The number of benzene rings is 2. The zero-order chi connectivity index (χ0) is 18.2. The third-order valence-electron chi connectivity index (χ3n) is 4.28. The molecule has 136 valence electrons. The lowest BCUT2D eigenvalue weighted by Crippen LogP contribution is -2.09. The third-order valence-corrected chi connectivity index (χ3v) is 4.95. The molecule has 0 unspecified atom stereocenters. The lowest BCUT2D eigenvalue weighted by atomic mass is 10.0. The first-order valence-corrected chi connectivity index (χ1v) is 10.0. The Labute approximate surface area is 164 Å². The van der Waals surface area contributed by atoms with Crippen molar-refractivity contribution < 1.29 is 14.3 Å². The van der Waals surface area contributed by atoms with Crippen molar-refractivity contribution in [2.45, 2.75) is 46.0 Å². The highest BCUT2D eigenvalue weighted by atomic mass is 127. The Bertz CT molecular complexity index is 710. The van der Waals surface area contributed by atoms with Crippen LogP contribution in [0.25, 0.3) is 10.8 Å². The van der Waals surface area contributed by atoms with Gasteiger partial charge in [-0.3, -0.25) is 0 Å². The Hall–Kier alpha value is -1.30. The van der Waals surface area contributed by atoms with Gasteiger partial charge in [0.25, 0.3) is 0 Å².